The fraction of sp³-hybridized carbons (Fsp3) is 1.00. The Morgan fingerprint density at radius 1 is 0.520 bits per heavy atom. The van der Waals surface area contributed by atoms with Gasteiger partial charge in [0.2, 0.25) is 7.59 Å². The van der Waals surface area contributed by atoms with Crippen LogP contribution >= 0.6 is 69.6 Å². The van der Waals surface area contributed by atoms with Gasteiger partial charge in [-0.15, -0.1) is 0 Å². The minimum Gasteiger partial charge on any atom is -0.0829 e. The number of halogens is 6. The third kappa shape index (κ3) is 4.35. The molecule has 148 valence electrons. The van der Waals surface area contributed by atoms with Crippen LogP contribution in [0.25, 0.3) is 0 Å². The summed E-state index contributed by atoms with van der Waals surface area (Å²) in [7, 11) is 0. The minimum absolute atomic E-state index is 0.101. The Kier molecular flexibility index (Phi) is 7.58. The zero-order chi connectivity index (χ0) is 19.2. The number of hydrogen-bond donors (Lipinski definition) is 0. The van der Waals surface area contributed by atoms with E-state index < -0.39 is 13.0 Å². The lowest BCUT2D eigenvalue weighted by Gasteiger charge is -2.58. The van der Waals surface area contributed by atoms with Crippen molar-refractivity contribution in [2.24, 2.45) is 40.9 Å². The second kappa shape index (κ2) is 8.23. The van der Waals surface area contributed by atoms with Crippen molar-refractivity contribution < 1.29 is 0 Å². The summed E-state index contributed by atoms with van der Waals surface area (Å²) in [4.78, 5) is 0. The molecule has 0 aliphatic heterocycles. The molecule has 0 saturated heterocycles. The molecule has 0 radical (unpaired) electrons. The second-order valence-electron chi connectivity index (χ2n) is 8.79. The van der Waals surface area contributed by atoms with Gasteiger partial charge < -0.3 is 0 Å². The Hall–Kier alpha value is 1.74. The van der Waals surface area contributed by atoms with Crippen molar-refractivity contribution >= 4 is 69.6 Å². The monoisotopic (exact) mass is 468 g/mol. The molecule has 0 heterocycles. The maximum absolute atomic E-state index is 6.65. The molecule has 0 aromatic heterocycles. The predicted molar refractivity (Wildman–Crippen MR) is 114 cm³/mol. The van der Waals surface area contributed by atoms with Crippen LogP contribution in [0.1, 0.15) is 66.2 Å². The van der Waals surface area contributed by atoms with Gasteiger partial charge in [0.25, 0.3) is 0 Å². The van der Waals surface area contributed by atoms with E-state index in [4.69, 9.17) is 69.6 Å². The molecule has 2 aliphatic rings. The smallest absolute Gasteiger partial charge is 0.0829 e. The summed E-state index contributed by atoms with van der Waals surface area (Å²) in [5.41, 5.74) is -0.960. The highest BCUT2D eigenvalue weighted by Gasteiger charge is 2.68. The average molecular weight is 471 g/mol. The van der Waals surface area contributed by atoms with Crippen molar-refractivity contribution in [1.29, 1.82) is 0 Å². The van der Waals surface area contributed by atoms with Gasteiger partial charge in [-0.25, -0.2) is 0 Å². The summed E-state index contributed by atoms with van der Waals surface area (Å²) in [5, 5.41) is 0. The van der Waals surface area contributed by atoms with E-state index in [0.29, 0.717) is 23.7 Å². The number of rotatable bonds is 2. The van der Waals surface area contributed by atoms with E-state index in [1.807, 2.05) is 0 Å². The largest absolute Gasteiger partial charge is 0.200 e. The fourth-order valence-corrected chi connectivity index (χ4v) is 8.48. The zero-order valence-electron chi connectivity index (χ0n) is 15.5. The highest BCUT2D eigenvalue weighted by molar-refractivity contribution is 6.73. The van der Waals surface area contributed by atoms with Crippen LogP contribution < -0.4 is 0 Å². The van der Waals surface area contributed by atoms with Crippen LogP contribution in [-0.2, 0) is 0 Å². The van der Waals surface area contributed by atoms with E-state index in [0.717, 1.165) is 38.5 Å². The van der Waals surface area contributed by atoms with Crippen molar-refractivity contribution in [1.82, 2.24) is 0 Å². The Morgan fingerprint density at radius 3 is 1.08 bits per heavy atom. The van der Waals surface area contributed by atoms with Crippen molar-refractivity contribution in [2.75, 3.05) is 0 Å². The van der Waals surface area contributed by atoms with Gasteiger partial charge in [-0.1, -0.05) is 110 Å². The Bertz CT molecular complexity index is 410. The maximum atomic E-state index is 6.65. The molecule has 0 aromatic carbocycles. The molecule has 2 saturated carbocycles. The molecule has 0 amide bonds. The molecule has 0 bridgehead atoms. The second-order valence-corrected chi connectivity index (χ2v) is 13.4. The third-order valence-corrected chi connectivity index (χ3v) is 9.30. The van der Waals surface area contributed by atoms with E-state index in [-0.39, 0.29) is 11.8 Å². The Labute approximate surface area is 183 Å². The fourth-order valence-electron chi connectivity index (χ4n) is 5.34. The molecule has 2 fully saturated rings. The highest BCUT2D eigenvalue weighted by Crippen LogP contribution is 2.70. The van der Waals surface area contributed by atoms with Gasteiger partial charge in [0, 0.05) is 0 Å². The lowest BCUT2D eigenvalue weighted by molar-refractivity contribution is -0.0110. The lowest BCUT2D eigenvalue weighted by atomic mass is 9.56. The number of alkyl halides is 6. The zero-order valence-corrected chi connectivity index (χ0v) is 20.0. The van der Waals surface area contributed by atoms with Crippen LogP contribution in [0.5, 0.6) is 0 Å². The molecule has 2 rings (SSSR count). The Balaban J connectivity index is 2.50. The molecule has 2 aliphatic carbocycles. The van der Waals surface area contributed by atoms with Gasteiger partial charge in [0.1, 0.15) is 0 Å². The van der Waals surface area contributed by atoms with Gasteiger partial charge >= 0.3 is 0 Å². The molecule has 0 N–H and O–H groups in total. The van der Waals surface area contributed by atoms with Gasteiger partial charge in [-0.05, 0) is 61.2 Å². The first kappa shape index (κ1) is 23.0. The van der Waals surface area contributed by atoms with E-state index >= 15 is 0 Å². The standard InChI is InChI=1S/C19H30Cl6/c1-11-5-7-15(9-13(11)3)17(18(20,21)22,19(23,24)25)16-8-6-12(2)14(4)10-16/h11-16H,5-10H2,1-4H3. The van der Waals surface area contributed by atoms with E-state index in [2.05, 4.69) is 27.7 Å². The van der Waals surface area contributed by atoms with E-state index in [9.17, 15) is 0 Å². The average Bonchev–Trinajstić information content (AvgIpc) is 2.44. The van der Waals surface area contributed by atoms with Gasteiger partial charge in [0.15, 0.2) is 0 Å². The van der Waals surface area contributed by atoms with Crippen LogP contribution in [-0.4, -0.2) is 7.59 Å². The summed E-state index contributed by atoms with van der Waals surface area (Å²) in [6, 6.07) is 0. The van der Waals surface area contributed by atoms with Gasteiger partial charge in [0.05, 0.1) is 5.41 Å². The molecule has 6 atom stereocenters. The predicted octanol–water partition coefficient (Wildman–Crippen LogP) is 8.86. The first-order chi connectivity index (χ1) is 11.3. The molecule has 25 heavy (non-hydrogen) atoms. The van der Waals surface area contributed by atoms with Crippen LogP contribution in [0.2, 0.25) is 0 Å². The molecule has 6 heteroatoms. The first-order valence-corrected chi connectivity index (χ1v) is 11.7. The van der Waals surface area contributed by atoms with Crippen LogP contribution in [0.4, 0.5) is 0 Å². The summed E-state index contributed by atoms with van der Waals surface area (Å²) >= 11 is 39.9. The molecular weight excluding hydrogens is 441 g/mol. The molecule has 0 nitrogen and oxygen atoms in total. The summed E-state index contributed by atoms with van der Waals surface area (Å²) < 4.78 is -3.23. The quantitative estimate of drug-likeness (QED) is 0.353. The van der Waals surface area contributed by atoms with E-state index in [1.165, 1.54) is 0 Å². The summed E-state index contributed by atoms with van der Waals surface area (Å²) in [5.74, 6) is 2.60. The lowest BCUT2D eigenvalue weighted by Crippen LogP contribution is -2.59. The van der Waals surface area contributed by atoms with E-state index in [1.54, 1.807) is 0 Å². The van der Waals surface area contributed by atoms with Crippen LogP contribution in [0.3, 0.4) is 0 Å². The SMILES string of the molecule is CC1CCC(C(C2CCC(C)C(C)C2)(C(Cl)(Cl)Cl)C(Cl)(Cl)Cl)CC1C. The molecule has 0 spiro atoms. The van der Waals surface area contributed by atoms with Crippen LogP contribution in [0.15, 0.2) is 0 Å². The van der Waals surface area contributed by atoms with Gasteiger partial charge in [-0.2, -0.15) is 0 Å². The first-order valence-electron chi connectivity index (χ1n) is 9.45. The molecular formula is C19H30Cl6. The van der Waals surface area contributed by atoms with Crippen molar-refractivity contribution in [2.45, 2.75) is 73.8 Å². The van der Waals surface area contributed by atoms with Gasteiger partial charge in [-0.3, -0.25) is 0 Å². The summed E-state index contributed by atoms with van der Waals surface area (Å²) in [6.07, 6.45) is 5.98. The van der Waals surface area contributed by atoms with Crippen molar-refractivity contribution in [3.63, 3.8) is 0 Å². The van der Waals surface area contributed by atoms with Crippen LogP contribution in [0, 0.1) is 40.9 Å². The Morgan fingerprint density at radius 2 is 0.840 bits per heavy atom. The topological polar surface area (TPSA) is 0 Å². The molecule has 0 aromatic rings. The maximum Gasteiger partial charge on any atom is 0.200 e. The van der Waals surface area contributed by atoms with Crippen molar-refractivity contribution in [3.8, 4) is 0 Å². The highest BCUT2D eigenvalue weighted by atomic mass is 35.6. The van der Waals surface area contributed by atoms with Crippen molar-refractivity contribution in [3.05, 3.63) is 0 Å². The molecule has 6 unspecified atom stereocenters. The summed E-state index contributed by atoms with van der Waals surface area (Å²) in [6.45, 7) is 9.11. The number of hydrogen-bond acceptors (Lipinski definition) is 0. The minimum atomic E-state index is -1.62. The normalized spacial score (nSPS) is 38.6. The third-order valence-electron chi connectivity index (χ3n) is 7.42.